The lowest BCUT2D eigenvalue weighted by Gasteiger charge is -2.36. The van der Waals surface area contributed by atoms with Gasteiger partial charge in [0.1, 0.15) is 0 Å². The van der Waals surface area contributed by atoms with Crippen LogP contribution in [0.2, 0.25) is 0 Å². The number of piperazine rings is 1. The molecule has 25 heavy (non-hydrogen) atoms. The lowest BCUT2D eigenvalue weighted by Crippen LogP contribution is -2.48. The van der Waals surface area contributed by atoms with Crippen molar-refractivity contribution in [3.05, 3.63) is 53.1 Å². The van der Waals surface area contributed by atoms with Crippen molar-refractivity contribution in [2.45, 2.75) is 39.8 Å². The second kappa shape index (κ2) is 8.02. The van der Waals surface area contributed by atoms with Gasteiger partial charge in [-0.1, -0.05) is 6.07 Å². The molecule has 1 N–H and O–H groups in total. The van der Waals surface area contributed by atoms with Crippen LogP contribution in [0.5, 0.6) is 0 Å². The van der Waals surface area contributed by atoms with Gasteiger partial charge in [0.05, 0.1) is 11.6 Å². The summed E-state index contributed by atoms with van der Waals surface area (Å²) in [6, 6.07) is 6.38. The highest BCUT2D eigenvalue weighted by molar-refractivity contribution is 5.96. The number of amides is 1. The maximum atomic E-state index is 13.3. The van der Waals surface area contributed by atoms with Gasteiger partial charge >= 0.3 is 0 Å². The van der Waals surface area contributed by atoms with Crippen LogP contribution in [0.3, 0.4) is 0 Å². The zero-order valence-electron chi connectivity index (χ0n) is 15.3. The fraction of sp³-hybridized carbons (Fsp3) is 0.474. The predicted octanol–water partition coefficient (Wildman–Crippen LogP) is 3.29. The van der Waals surface area contributed by atoms with E-state index in [9.17, 15) is 4.79 Å². The standard InChI is InChI=1S/C19H26N4O.ClH/c1-13(2)23-14(3)10-17(15(23)4)19(24)22-9-8-21-12-18(22)16-6-5-7-20-11-16;/h5-7,10-11,13,18,21H,8-9,12H2,1-4H3;1H. The zero-order valence-corrected chi connectivity index (χ0v) is 16.1. The quantitative estimate of drug-likeness (QED) is 0.911. The van der Waals surface area contributed by atoms with Crippen molar-refractivity contribution in [2.24, 2.45) is 0 Å². The monoisotopic (exact) mass is 362 g/mol. The molecule has 0 radical (unpaired) electrons. The van der Waals surface area contributed by atoms with E-state index in [0.717, 1.165) is 35.6 Å². The van der Waals surface area contributed by atoms with E-state index in [0.29, 0.717) is 12.6 Å². The highest BCUT2D eigenvalue weighted by Crippen LogP contribution is 2.27. The Bertz CT molecular complexity index is 727. The Balaban J connectivity index is 0.00000225. The molecular weight excluding hydrogens is 336 g/mol. The third kappa shape index (κ3) is 3.72. The number of aryl methyl sites for hydroxylation is 1. The Hall–Kier alpha value is -1.85. The van der Waals surface area contributed by atoms with E-state index < -0.39 is 0 Å². The molecule has 2 aromatic rings. The number of rotatable bonds is 3. The summed E-state index contributed by atoms with van der Waals surface area (Å²) in [4.78, 5) is 19.5. The van der Waals surface area contributed by atoms with Gasteiger partial charge in [-0.05, 0) is 45.4 Å². The number of nitrogens with zero attached hydrogens (tertiary/aromatic N) is 3. The average Bonchev–Trinajstić information content (AvgIpc) is 2.89. The highest BCUT2D eigenvalue weighted by Gasteiger charge is 2.30. The molecular formula is C19H27ClN4O. The van der Waals surface area contributed by atoms with Gasteiger partial charge in [-0.25, -0.2) is 0 Å². The van der Waals surface area contributed by atoms with Crippen molar-refractivity contribution in [1.82, 2.24) is 19.8 Å². The van der Waals surface area contributed by atoms with Crippen LogP contribution in [0.4, 0.5) is 0 Å². The summed E-state index contributed by atoms with van der Waals surface area (Å²) in [6.45, 7) is 10.7. The first-order chi connectivity index (χ1) is 11.5. The van der Waals surface area contributed by atoms with Crippen molar-refractivity contribution in [3.8, 4) is 0 Å². The predicted molar refractivity (Wildman–Crippen MR) is 102 cm³/mol. The van der Waals surface area contributed by atoms with Gasteiger partial charge in [0, 0.05) is 49.5 Å². The second-order valence-electron chi connectivity index (χ2n) is 6.75. The van der Waals surface area contributed by atoms with Crippen LogP contribution in [-0.2, 0) is 0 Å². The van der Waals surface area contributed by atoms with Gasteiger partial charge in [0.15, 0.2) is 0 Å². The van der Waals surface area contributed by atoms with Crippen molar-refractivity contribution in [3.63, 3.8) is 0 Å². The summed E-state index contributed by atoms with van der Waals surface area (Å²) in [5.74, 6) is 0.116. The first-order valence-corrected chi connectivity index (χ1v) is 8.60. The summed E-state index contributed by atoms with van der Waals surface area (Å²) < 4.78 is 2.23. The molecule has 0 bridgehead atoms. The van der Waals surface area contributed by atoms with E-state index in [1.54, 1.807) is 6.20 Å². The van der Waals surface area contributed by atoms with Gasteiger partial charge in [-0.2, -0.15) is 0 Å². The van der Waals surface area contributed by atoms with Crippen molar-refractivity contribution in [2.75, 3.05) is 19.6 Å². The summed E-state index contributed by atoms with van der Waals surface area (Å²) in [7, 11) is 0. The molecule has 3 rings (SSSR count). The molecule has 3 heterocycles. The Morgan fingerprint density at radius 3 is 2.72 bits per heavy atom. The van der Waals surface area contributed by atoms with Gasteiger partial charge in [0.2, 0.25) is 0 Å². The summed E-state index contributed by atoms with van der Waals surface area (Å²) >= 11 is 0. The number of carbonyl (C=O) groups excluding carboxylic acids is 1. The van der Waals surface area contributed by atoms with E-state index in [-0.39, 0.29) is 24.4 Å². The zero-order chi connectivity index (χ0) is 17.3. The fourth-order valence-corrected chi connectivity index (χ4v) is 3.76. The number of carbonyl (C=O) groups is 1. The van der Waals surface area contributed by atoms with E-state index in [2.05, 4.69) is 35.6 Å². The first kappa shape index (κ1) is 19.5. The summed E-state index contributed by atoms with van der Waals surface area (Å²) in [5.41, 5.74) is 4.09. The third-order valence-corrected chi connectivity index (χ3v) is 4.80. The molecule has 1 amide bonds. The maximum absolute atomic E-state index is 13.3. The molecule has 5 nitrogen and oxygen atoms in total. The van der Waals surface area contributed by atoms with Gasteiger partial charge in [-0.15, -0.1) is 12.4 Å². The highest BCUT2D eigenvalue weighted by atomic mass is 35.5. The molecule has 1 saturated heterocycles. The van der Waals surface area contributed by atoms with Crippen LogP contribution in [0.25, 0.3) is 0 Å². The van der Waals surface area contributed by atoms with Gasteiger partial charge < -0.3 is 14.8 Å². The Morgan fingerprint density at radius 2 is 2.12 bits per heavy atom. The molecule has 1 unspecified atom stereocenters. The SMILES string of the molecule is Cc1cc(C(=O)N2CCNCC2c2cccnc2)c(C)n1C(C)C.Cl. The molecule has 0 spiro atoms. The van der Waals surface area contributed by atoms with E-state index in [4.69, 9.17) is 0 Å². The largest absolute Gasteiger partial charge is 0.346 e. The first-order valence-electron chi connectivity index (χ1n) is 8.60. The average molecular weight is 363 g/mol. The lowest BCUT2D eigenvalue weighted by molar-refractivity contribution is 0.0633. The van der Waals surface area contributed by atoms with Gasteiger partial charge in [-0.3, -0.25) is 9.78 Å². The minimum Gasteiger partial charge on any atom is -0.346 e. The molecule has 0 aliphatic carbocycles. The van der Waals surface area contributed by atoms with Crippen molar-refractivity contribution >= 4 is 18.3 Å². The number of nitrogens with one attached hydrogen (secondary N) is 1. The number of hydrogen-bond donors (Lipinski definition) is 1. The molecule has 136 valence electrons. The minimum absolute atomic E-state index is 0. The smallest absolute Gasteiger partial charge is 0.256 e. The molecule has 1 fully saturated rings. The van der Waals surface area contributed by atoms with Crippen LogP contribution in [0.15, 0.2) is 30.6 Å². The summed E-state index contributed by atoms with van der Waals surface area (Å²) in [6.07, 6.45) is 3.62. The van der Waals surface area contributed by atoms with Crippen LogP contribution < -0.4 is 5.32 Å². The number of pyridine rings is 1. The Kier molecular flexibility index (Phi) is 6.25. The van der Waals surface area contributed by atoms with Crippen LogP contribution in [-0.4, -0.2) is 40.0 Å². The van der Waals surface area contributed by atoms with Crippen LogP contribution in [0.1, 0.15) is 53.2 Å². The molecule has 2 aromatic heterocycles. The number of aromatic nitrogens is 2. The number of halogens is 1. The van der Waals surface area contributed by atoms with E-state index >= 15 is 0 Å². The molecule has 0 aromatic carbocycles. The maximum Gasteiger partial charge on any atom is 0.256 e. The van der Waals surface area contributed by atoms with Crippen LogP contribution >= 0.6 is 12.4 Å². The van der Waals surface area contributed by atoms with Crippen LogP contribution in [0, 0.1) is 13.8 Å². The molecule has 6 heteroatoms. The summed E-state index contributed by atoms with van der Waals surface area (Å²) in [5, 5.41) is 3.39. The minimum atomic E-state index is 0. The molecule has 0 saturated carbocycles. The fourth-order valence-electron chi connectivity index (χ4n) is 3.76. The number of hydrogen-bond acceptors (Lipinski definition) is 3. The third-order valence-electron chi connectivity index (χ3n) is 4.80. The normalized spacial score (nSPS) is 17.5. The van der Waals surface area contributed by atoms with E-state index in [1.807, 2.05) is 36.2 Å². The topological polar surface area (TPSA) is 50.2 Å². The molecule has 1 aliphatic heterocycles. The Morgan fingerprint density at radius 1 is 1.36 bits per heavy atom. The second-order valence-corrected chi connectivity index (χ2v) is 6.75. The van der Waals surface area contributed by atoms with Crippen molar-refractivity contribution < 1.29 is 4.79 Å². The van der Waals surface area contributed by atoms with Crippen molar-refractivity contribution in [1.29, 1.82) is 0 Å². The molecule has 1 atom stereocenters. The van der Waals surface area contributed by atoms with Gasteiger partial charge in [0.25, 0.3) is 5.91 Å². The lowest BCUT2D eigenvalue weighted by atomic mass is 10.0. The Labute approximate surface area is 155 Å². The molecule has 1 aliphatic rings. The van der Waals surface area contributed by atoms with E-state index in [1.165, 1.54) is 0 Å².